The van der Waals surface area contributed by atoms with E-state index in [1.807, 2.05) is 30.3 Å². The van der Waals surface area contributed by atoms with E-state index in [9.17, 15) is 0 Å². The van der Waals surface area contributed by atoms with Gasteiger partial charge >= 0.3 is 0 Å². The summed E-state index contributed by atoms with van der Waals surface area (Å²) in [7, 11) is 0.854. The smallest absolute Gasteiger partial charge is 0.223 e. The monoisotopic (exact) mass is 156 g/mol. The van der Waals surface area contributed by atoms with Crippen LogP contribution in [-0.2, 0) is 0 Å². The summed E-state index contributed by atoms with van der Waals surface area (Å²) in [5.74, 6) is 0. The summed E-state index contributed by atoms with van der Waals surface area (Å²) < 4.78 is 0. The molecule has 0 aromatic heterocycles. The molecule has 0 fully saturated rings. The summed E-state index contributed by atoms with van der Waals surface area (Å²) in [5, 5.41) is 1.07. The van der Waals surface area contributed by atoms with Crippen LogP contribution in [0.1, 0.15) is 0 Å². The highest BCUT2D eigenvalue weighted by Gasteiger charge is 1.98. The molecule has 1 aromatic rings. The lowest BCUT2D eigenvalue weighted by Crippen LogP contribution is -2.22. The Morgan fingerprint density at radius 1 is 1.22 bits per heavy atom. The van der Waals surface area contributed by atoms with Gasteiger partial charge in [-0.15, -0.1) is 8.79 Å². The van der Waals surface area contributed by atoms with Gasteiger partial charge in [-0.25, -0.2) is 0 Å². The first-order chi connectivity index (χ1) is 4.30. The summed E-state index contributed by atoms with van der Waals surface area (Å²) >= 11 is 0. The molecule has 9 heavy (non-hydrogen) atoms. The van der Waals surface area contributed by atoms with E-state index in [4.69, 9.17) is 4.80 Å². The van der Waals surface area contributed by atoms with Crippen LogP contribution in [0.3, 0.4) is 0 Å². The summed E-state index contributed by atoms with van der Waals surface area (Å²) in [4.78, 5) is 9.13. The first-order valence-corrected chi connectivity index (χ1v) is 6.55. The largest absolute Gasteiger partial charge is 0.427 e. The van der Waals surface area contributed by atoms with Gasteiger partial charge in [-0.05, 0) is 5.19 Å². The van der Waals surface area contributed by atoms with Crippen LogP contribution in [0.4, 0.5) is 0 Å². The summed E-state index contributed by atoms with van der Waals surface area (Å²) in [6.45, 7) is 0. The third-order valence-electron chi connectivity index (χ3n) is 1.14. The number of rotatable bonds is 1. The molecule has 0 aliphatic carbocycles. The second-order valence-corrected chi connectivity index (χ2v) is 5.31. The van der Waals surface area contributed by atoms with E-state index in [1.165, 1.54) is 0 Å². The number of hydrogen-bond acceptors (Lipinski definition) is 1. The molecule has 0 saturated heterocycles. The minimum absolute atomic E-state index is 1.07. The topological polar surface area (TPSA) is 20.2 Å². The molecular formula is C6H9OPSi. The van der Waals surface area contributed by atoms with E-state index in [0.717, 1.165) is 5.19 Å². The van der Waals surface area contributed by atoms with Crippen LogP contribution >= 0.6 is 8.79 Å². The highest BCUT2D eigenvalue weighted by molar-refractivity contribution is 7.63. The minimum atomic E-state index is -1.61. The van der Waals surface area contributed by atoms with Crippen LogP contribution in [-0.4, -0.2) is 13.5 Å². The molecule has 0 spiro atoms. The summed E-state index contributed by atoms with van der Waals surface area (Å²) in [6.07, 6.45) is 0. The van der Waals surface area contributed by atoms with Gasteiger partial charge in [0, 0.05) is 0 Å². The van der Waals surface area contributed by atoms with E-state index in [-0.39, 0.29) is 0 Å². The second-order valence-electron chi connectivity index (χ2n) is 1.86. The highest BCUT2D eigenvalue weighted by Crippen LogP contribution is 1.90. The molecule has 1 N–H and O–H groups in total. The van der Waals surface area contributed by atoms with Crippen molar-refractivity contribution >= 4 is 22.7 Å². The molecule has 2 atom stereocenters. The Kier molecular flexibility index (Phi) is 2.40. The molecule has 2 unspecified atom stereocenters. The van der Waals surface area contributed by atoms with Crippen molar-refractivity contribution in [2.45, 2.75) is 0 Å². The van der Waals surface area contributed by atoms with Crippen LogP contribution in [0.5, 0.6) is 0 Å². The van der Waals surface area contributed by atoms with Crippen LogP contribution in [0.15, 0.2) is 30.3 Å². The third kappa shape index (κ3) is 1.90. The molecule has 0 bridgehead atoms. The van der Waals surface area contributed by atoms with Crippen molar-refractivity contribution in [2.75, 3.05) is 0 Å². The fraction of sp³-hybridized carbons (Fsp3) is 0. The van der Waals surface area contributed by atoms with Crippen molar-refractivity contribution in [1.29, 1.82) is 0 Å². The lowest BCUT2D eigenvalue weighted by molar-refractivity contribution is 0.608. The van der Waals surface area contributed by atoms with Crippen LogP contribution < -0.4 is 5.19 Å². The zero-order chi connectivity index (χ0) is 6.69. The zero-order valence-corrected chi connectivity index (χ0v) is 7.30. The fourth-order valence-corrected chi connectivity index (χ4v) is 1.93. The molecule has 0 amide bonds. The van der Waals surface area contributed by atoms with Crippen molar-refractivity contribution in [3.63, 3.8) is 0 Å². The summed E-state index contributed by atoms with van der Waals surface area (Å²) in [6, 6.07) is 9.73. The average Bonchev–Trinajstić information content (AvgIpc) is 1.90. The molecule has 0 heterocycles. The Balaban J connectivity index is 2.85. The Morgan fingerprint density at radius 3 is 2.11 bits per heavy atom. The molecule has 1 aromatic carbocycles. The highest BCUT2D eigenvalue weighted by atomic mass is 31.3. The minimum Gasteiger partial charge on any atom is -0.427 e. The predicted molar refractivity (Wildman–Crippen MR) is 45.2 cm³/mol. The molecule has 0 aliphatic heterocycles. The Bertz CT molecular complexity index is 176. The maximum Gasteiger partial charge on any atom is 0.223 e. The fourth-order valence-electron chi connectivity index (χ4n) is 0.650. The third-order valence-corrected chi connectivity index (χ3v) is 3.36. The van der Waals surface area contributed by atoms with Crippen molar-refractivity contribution in [3.8, 4) is 0 Å². The molecule has 0 aliphatic rings. The van der Waals surface area contributed by atoms with E-state index in [0.29, 0.717) is 0 Å². The van der Waals surface area contributed by atoms with Gasteiger partial charge in [0.2, 0.25) is 8.71 Å². The van der Waals surface area contributed by atoms with Gasteiger partial charge < -0.3 is 4.80 Å². The van der Waals surface area contributed by atoms with Gasteiger partial charge in [0.1, 0.15) is 0 Å². The average molecular weight is 156 g/mol. The Hall–Kier alpha value is -0.173. The van der Waals surface area contributed by atoms with Gasteiger partial charge in [0.15, 0.2) is 0 Å². The Morgan fingerprint density at radius 2 is 1.78 bits per heavy atom. The molecule has 0 radical (unpaired) electrons. The molecule has 0 saturated carbocycles. The van der Waals surface area contributed by atoms with Gasteiger partial charge in [-0.3, -0.25) is 0 Å². The van der Waals surface area contributed by atoms with Gasteiger partial charge in [-0.1, -0.05) is 30.3 Å². The maximum atomic E-state index is 9.13. The summed E-state index contributed by atoms with van der Waals surface area (Å²) in [5.41, 5.74) is 0. The van der Waals surface area contributed by atoms with Crippen molar-refractivity contribution in [3.05, 3.63) is 30.3 Å². The van der Waals surface area contributed by atoms with Crippen LogP contribution in [0.2, 0.25) is 0 Å². The van der Waals surface area contributed by atoms with Crippen LogP contribution in [0.25, 0.3) is 0 Å². The normalized spacial score (nSPS) is 13.1. The van der Waals surface area contributed by atoms with E-state index in [2.05, 4.69) is 8.79 Å². The predicted octanol–water partition coefficient (Wildman–Crippen LogP) is -0.0185. The molecular weight excluding hydrogens is 147 g/mol. The Labute approximate surface area is 58.5 Å². The van der Waals surface area contributed by atoms with Crippen molar-refractivity contribution in [2.24, 2.45) is 0 Å². The SMILES string of the molecule is O[SiH](P)c1ccccc1. The number of benzene rings is 1. The van der Waals surface area contributed by atoms with Crippen molar-refractivity contribution in [1.82, 2.24) is 0 Å². The van der Waals surface area contributed by atoms with Gasteiger partial charge in [0.05, 0.1) is 0 Å². The lowest BCUT2D eigenvalue weighted by atomic mass is 10.4. The van der Waals surface area contributed by atoms with E-state index < -0.39 is 8.71 Å². The van der Waals surface area contributed by atoms with E-state index in [1.54, 1.807) is 0 Å². The first-order valence-electron chi connectivity index (χ1n) is 2.79. The second kappa shape index (κ2) is 3.11. The van der Waals surface area contributed by atoms with Crippen molar-refractivity contribution < 1.29 is 4.80 Å². The molecule has 1 rings (SSSR count). The zero-order valence-electron chi connectivity index (χ0n) is 4.99. The quantitative estimate of drug-likeness (QED) is 0.447. The van der Waals surface area contributed by atoms with Crippen LogP contribution in [0, 0.1) is 0 Å². The molecule has 48 valence electrons. The molecule has 1 nitrogen and oxygen atoms in total. The maximum absolute atomic E-state index is 9.13. The first kappa shape index (κ1) is 6.94. The van der Waals surface area contributed by atoms with Gasteiger partial charge in [-0.2, -0.15) is 0 Å². The standard InChI is InChI=1S/C6H9OPSi/c7-9(8)6-4-2-1-3-5-6/h1-5,7,9H,8H2. The molecule has 3 heteroatoms. The van der Waals surface area contributed by atoms with Gasteiger partial charge in [0.25, 0.3) is 0 Å². The number of hydrogen-bond donors (Lipinski definition) is 1. The van der Waals surface area contributed by atoms with E-state index >= 15 is 0 Å². The lowest BCUT2D eigenvalue weighted by Gasteiger charge is -1.98.